The molecule has 116 valence electrons. The van der Waals surface area contributed by atoms with E-state index in [0.29, 0.717) is 5.52 Å². The van der Waals surface area contributed by atoms with Crippen molar-refractivity contribution >= 4 is 16.9 Å². The van der Waals surface area contributed by atoms with Crippen LogP contribution >= 0.6 is 0 Å². The maximum Gasteiger partial charge on any atom is 0.271 e. The van der Waals surface area contributed by atoms with E-state index in [4.69, 9.17) is 0 Å². The van der Waals surface area contributed by atoms with Crippen molar-refractivity contribution in [3.63, 3.8) is 0 Å². The van der Waals surface area contributed by atoms with Crippen LogP contribution < -0.4 is 5.32 Å². The summed E-state index contributed by atoms with van der Waals surface area (Å²) in [5, 5.41) is 13.2. The summed E-state index contributed by atoms with van der Waals surface area (Å²) in [4.78, 5) is 20.8. The Hall–Kier alpha value is -2.79. The molecule has 1 atom stereocenters. The van der Waals surface area contributed by atoms with Gasteiger partial charge in [-0.3, -0.25) is 9.78 Å². The fourth-order valence-electron chi connectivity index (χ4n) is 2.31. The third-order valence-electron chi connectivity index (χ3n) is 3.67. The van der Waals surface area contributed by atoms with Crippen molar-refractivity contribution in [2.24, 2.45) is 0 Å². The number of para-hydroxylation sites is 2. The van der Waals surface area contributed by atoms with Crippen LogP contribution in [0.1, 0.15) is 23.0 Å². The molecule has 2 N–H and O–H groups in total. The molecule has 0 spiro atoms. The van der Waals surface area contributed by atoms with Gasteiger partial charge < -0.3 is 10.4 Å². The first-order valence-electron chi connectivity index (χ1n) is 7.34. The predicted octanol–water partition coefficient (Wildman–Crippen LogP) is 2.27. The molecule has 0 saturated heterocycles. The van der Waals surface area contributed by atoms with E-state index in [9.17, 15) is 9.90 Å². The molecule has 5 heteroatoms. The Labute approximate surface area is 134 Å². The number of carbonyl (C=O) groups is 1. The molecule has 2 aromatic carbocycles. The minimum atomic E-state index is -1.15. The molecule has 0 radical (unpaired) electrons. The van der Waals surface area contributed by atoms with Crippen LogP contribution in [0.15, 0.2) is 60.8 Å². The predicted molar refractivity (Wildman–Crippen MR) is 87.9 cm³/mol. The molecule has 1 aromatic heterocycles. The summed E-state index contributed by atoms with van der Waals surface area (Å²) in [6, 6.07) is 16.6. The molecule has 3 aromatic rings. The molecule has 0 bridgehead atoms. The number of aromatic nitrogens is 2. The lowest BCUT2D eigenvalue weighted by Gasteiger charge is -2.24. The van der Waals surface area contributed by atoms with Gasteiger partial charge in [0.25, 0.3) is 5.91 Å². The van der Waals surface area contributed by atoms with Crippen LogP contribution in [-0.4, -0.2) is 27.5 Å². The number of fused-ring (bicyclic) bond motifs is 1. The lowest BCUT2D eigenvalue weighted by atomic mass is 9.96. The van der Waals surface area contributed by atoms with Crippen LogP contribution in [0.3, 0.4) is 0 Å². The number of rotatable bonds is 4. The fourth-order valence-corrected chi connectivity index (χ4v) is 2.31. The summed E-state index contributed by atoms with van der Waals surface area (Å²) in [7, 11) is 0. The van der Waals surface area contributed by atoms with E-state index >= 15 is 0 Å². The van der Waals surface area contributed by atoms with E-state index in [0.717, 1.165) is 11.1 Å². The Morgan fingerprint density at radius 1 is 1.09 bits per heavy atom. The number of benzene rings is 2. The topological polar surface area (TPSA) is 75.1 Å². The highest BCUT2D eigenvalue weighted by Gasteiger charge is 2.24. The van der Waals surface area contributed by atoms with Crippen LogP contribution in [0.4, 0.5) is 0 Å². The third kappa shape index (κ3) is 3.35. The van der Waals surface area contributed by atoms with Gasteiger partial charge in [-0.05, 0) is 24.6 Å². The fraction of sp³-hybridized carbons (Fsp3) is 0.167. The second kappa shape index (κ2) is 6.14. The molecule has 0 aliphatic rings. The van der Waals surface area contributed by atoms with E-state index in [1.807, 2.05) is 48.5 Å². The molecule has 3 rings (SSSR count). The lowest BCUT2D eigenvalue weighted by Crippen LogP contribution is -2.38. The number of hydrogen-bond acceptors (Lipinski definition) is 4. The zero-order valence-corrected chi connectivity index (χ0v) is 12.7. The first kappa shape index (κ1) is 15.1. The van der Waals surface area contributed by atoms with Crippen molar-refractivity contribution in [1.82, 2.24) is 15.3 Å². The largest absolute Gasteiger partial charge is 0.384 e. The molecule has 1 unspecified atom stereocenters. The molecule has 5 nitrogen and oxygen atoms in total. The molecular weight excluding hydrogens is 290 g/mol. The Morgan fingerprint density at radius 2 is 1.74 bits per heavy atom. The van der Waals surface area contributed by atoms with Crippen molar-refractivity contribution in [3.05, 3.63) is 72.1 Å². The summed E-state index contributed by atoms with van der Waals surface area (Å²) in [5.74, 6) is -0.362. The third-order valence-corrected chi connectivity index (χ3v) is 3.67. The summed E-state index contributed by atoms with van der Waals surface area (Å²) in [6.07, 6.45) is 1.44. The van der Waals surface area contributed by atoms with Crippen molar-refractivity contribution in [2.75, 3.05) is 6.54 Å². The highest BCUT2D eigenvalue weighted by molar-refractivity contribution is 5.93. The lowest BCUT2D eigenvalue weighted by molar-refractivity contribution is 0.0525. The van der Waals surface area contributed by atoms with Gasteiger partial charge in [0.1, 0.15) is 11.3 Å². The Morgan fingerprint density at radius 3 is 2.48 bits per heavy atom. The zero-order valence-electron chi connectivity index (χ0n) is 12.7. The standard InChI is InChI=1S/C18H17N3O2/c1-18(23,13-7-3-2-4-8-13)12-20-17(22)16-11-19-14-9-5-6-10-15(14)21-16/h2-11,23H,12H2,1H3,(H,20,22). The summed E-state index contributed by atoms with van der Waals surface area (Å²) >= 11 is 0. The second-order valence-electron chi connectivity index (χ2n) is 5.57. The first-order chi connectivity index (χ1) is 11.1. The van der Waals surface area contributed by atoms with Gasteiger partial charge in [0.05, 0.1) is 23.8 Å². The zero-order chi connectivity index (χ0) is 16.3. The normalized spacial score (nSPS) is 13.5. The number of carbonyl (C=O) groups excluding carboxylic acids is 1. The summed E-state index contributed by atoms with van der Waals surface area (Å²) < 4.78 is 0. The Balaban J connectivity index is 1.73. The van der Waals surface area contributed by atoms with Gasteiger partial charge in [-0.1, -0.05) is 42.5 Å². The SMILES string of the molecule is CC(O)(CNC(=O)c1cnc2ccccc2n1)c1ccccc1. The monoisotopic (exact) mass is 307 g/mol. The van der Waals surface area contributed by atoms with Crippen LogP contribution in [0.25, 0.3) is 11.0 Å². The van der Waals surface area contributed by atoms with Gasteiger partial charge in [-0.25, -0.2) is 4.98 Å². The van der Waals surface area contributed by atoms with Crippen molar-refractivity contribution < 1.29 is 9.90 Å². The first-order valence-corrected chi connectivity index (χ1v) is 7.34. The molecular formula is C18H17N3O2. The van der Waals surface area contributed by atoms with Crippen LogP contribution in [0.5, 0.6) is 0 Å². The van der Waals surface area contributed by atoms with Crippen LogP contribution in [-0.2, 0) is 5.60 Å². The van der Waals surface area contributed by atoms with Crippen molar-refractivity contribution in [2.45, 2.75) is 12.5 Å². The molecule has 1 amide bonds. The van der Waals surface area contributed by atoms with Gasteiger partial charge in [0.15, 0.2) is 0 Å². The van der Waals surface area contributed by atoms with Crippen LogP contribution in [0, 0.1) is 0 Å². The van der Waals surface area contributed by atoms with E-state index in [1.165, 1.54) is 6.20 Å². The summed E-state index contributed by atoms with van der Waals surface area (Å²) in [6.45, 7) is 1.75. The minimum Gasteiger partial charge on any atom is -0.384 e. The second-order valence-corrected chi connectivity index (χ2v) is 5.57. The highest BCUT2D eigenvalue weighted by atomic mass is 16.3. The van der Waals surface area contributed by atoms with Gasteiger partial charge >= 0.3 is 0 Å². The van der Waals surface area contributed by atoms with E-state index in [-0.39, 0.29) is 18.1 Å². The Bertz CT molecular complexity index is 832. The smallest absolute Gasteiger partial charge is 0.271 e. The molecule has 1 heterocycles. The van der Waals surface area contributed by atoms with Crippen LogP contribution in [0.2, 0.25) is 0 Å². The Kier molecular flexibility index (Phi) is 4.04. The average molecular weight is 307 g/mol. The van der Waals surface area contributed by atoms with Gasteiger partial charge in [0.2, 0.25) is 0 Å². The number of hydrogen-bond donors (Lipinski definition) is 2. The molecule has 0 aliphatic heterocycles. The van der Waals surface area contributed by atoms with E-state index < -0.39 is 5.60 Å². The van der Waals surface area contributed by atoms with Crippen molar-refractivity contribution in [3.8, 4) is 0 Å². The number of amides is 1. The molecule has 0 saturated carbocycles. The average Bonchev–Trinajstić information content (AvgIpc) is 2.60. The molecule has 23 heavy (non-hydrogen) atoms. The van der Waals surface area contributed by atoms with E-state index in [2.05, 4.69) is 15.3 Å². The quantitative estimate of drug-likeness (QED) is 0.775. The maximum absolute atomic E-state index is 12.2. The van der Waals surface area contributed by atoms with Gasteiger partial charge in [0, 0.05) is 0 Å². The van der Waals surface area contributed by atoms with E-state index in [1.54, 1.807) is 13.0 Å². The number of aliphatic hydroxyl groups is 1. The summed E-state index contributed by atoms with van der Waals surface area (Å²) in [5.41, 5.74) is 1.22. The minimum absolute atomic E-state index is 0.0877. The molecule has 0 aliphatic carbocycles. The highest BCUT2D eigenvalue weighted by Crippen LogP contribution is 2.19. The molecule has 0 fully saturated rings. The van der Waals surface area contributed by atoms with Gasteiger partial charge in [-0.15, -0.1) is 0 Å². The number of nitrogens with zero attached hydrogens (tertiary/aromatic N) is 2. The number of nitrogens with one attached hydrogen (secondary N) is 1. The van der Waals surface area contributed by atoms with Gasteiger partial charge in [-0.2, -0.15) is 0 Å². The maximum atomic E-state index is 12.2. The van der Waals surface area contributed by atoms with Crippen molar-refractivity contribution in [1.29, 1.82) is 0 Å².